The first kappa shape index (κ1) is 21.7. The van der Waals surface area contributed by atoms with Gasteiger partial charge in [0.05, 0.1) is 12.5 Å². The normalized spacial score (nSPS) is 17.6. The molecule has 1 atom stereocenters. The van der Waals surface area contributed by atoms with Gasteiger partial charge in [0.15, 0.2) is 0 Å². The van der Waals surface area contributed by atoms with Crippen molar-refractivity contribution in [2.75, 3.05) is 26.2 Å². The summed E-state index contributed by atoms with van der Waals surface area (Å²) < 4.78 is 0. The van der Waals surface area contributed by atoms with Crippen molar-refractivity contribution < 1.29 is 9.59 Å². The standard InChI is InChI=1S/C20H37N3O2/c1-3-4-5-6-7-8-9-10-11-12-19(24)22-14-16-23-15-13-21-17-18(2)20(23)25/h17-18H,3-16H2,1-2H3,(H,22,24). The Labute approximate surface area is 153 Å². The lowest BCUT2D eigenvalue weighted by Crippen LogP contribution is -2.41. The first-order valence-corrected chi connectivity index (χ1v) is 10.2. The third kappa shape index (κ3) is 10.3. The van der Waals surface area contributed by atoms with Crippen molar-refractivity contribution in [1.82, 2.24) is 10.2 Å². The molecule has 0 radical (unpaired) electrons. The SMILES string of the molecule is CCCCCCCCCCCC(=O)NCCN1CCN=CC(C)C1=O. The average Bonchev–Trinajstić information content (AvgIpc) is 2.76. The Kier molecular flexibility index (Phi) is 12.0. The van der Waals surface area contributed by atoms with Crippen molar-refractivity contribution in [3.63, 3.8) is 0 Å². The van der Waals surface area contributed by atoms with Crippen molar-refractivity contribution in [3.8, 4) is 0 Å². The largest absolute Gasteiger partial charge is 0.354 e. The average molecular weight is 352 g/mol. The number of amides is 2. The van der Waals surface area contributed by atoms with Crippen LogP contribution < -0.4 is 5.32 Å². The van der Waals surface area contributed by atoms with Crippen LogP contribution in [-0.2, 0) is 9.59 Å². The van der Waals surface area contributed by atoms with Gasteiger partial charge in [-0.25, -0.2) is 0 Å². The molecule has 5 nitrogen and oxygen atoms in total. The molecular weight excluding hydrogens is 314 g/mol. The number of hydrogen-bond acceptors (Lipinski definition) is 3. The predicted molar refractivity (Wildman–Crippen MR) is 104 cm³/mol. The lowest BCUT2D eigenvalue weighted by atomic mass is 10.1. The van der Waals surface area contributed by atoms with Crippen LogP contribution in [0.5, 0.6) is 0 Å². The zero-order chi connectivity index (χ0) is 18.3. The number of unbranched alkanes of at least 4 members (excludes halogenated alkanes) is 8. The predicted octanol–water partition coefficient (Wildman–Crippen LogP) is 3.57. The molecule has 0 aliphatic carbocycles. The van der Waals surface area contributed by atoms with Crippen LogP contribution in [0.4, 0.5) is 0 Å². The number of nitrogens with zero attached hydrogens (tertiary/aromatic N) is 2. The summed E-state index contributed by atoms with van der Waals surface area (Å²) >= 11 is 0. The van der Waals surface area contributed by atoms with E-state index in [0.717, 1.165) is 12.8 Å². The minimum atomic E-state index is -0.153. The van der Waals surface area contributed by atoms with Crippen LogP contribution in [0.1, 0.15) is 78.1 Å². The fourth-order valence-electron chi connectivity index (χ4n) is 3.11. The van der Waals surface area contributed by atoms with E-state index >= 15 is 0 Å². The van der Waals surface area contributed by atoms with E-state index in [9.17, 15) is 9.59 Å². The first-order valence-electron chi connectivity index (χ1n) is 10.2. The Hall–Kier alpha value is -1.39. The van der Waals surface area contributed by atoms with Crippen molar-refractivity contribution in [2.24, 2.45) is 10.9 Å². The molecule has 25 heavy (non-hydrogen) atoms. The number of rotatable bonds is 13. The quantitative estimate of drug-likeness (QED) is 0.516. The van der Waals surface area contributed by atoms with Crippen LogP contribution in [0, 0.1) is 5.92 Å². The monoisotopic (exact) mass is 351 g/mol. The number of nitrogens with one attached hydrogen (secondary N) is 1. The van der Waals surface area contributed by atoms with E-state index in [1.165, 1.54) is 44.9 Å². The lowest BCUT2D eigenvalue weighted by molar-refractivity contribution is -0.132. The summed E-state index contributed by atoms with van der Waals surface area (Å²) in [5, 5.41) is 2.94. The molecule has 0 saturated heterocycles. The summed E-state index contributed by atoms with van der Waals surface area (Å²) in [7, 11) is 0. The van der Waals surface area contributed by atoms with Gasteiger partial charge in [-0.1, -0.05) is 58.3 Å². The maximum atomic E-state index is 12.1. The fraction of sp³-hybridized carbons (Fsp3) is 0.850. The van der Waals surface area contributed by atoms with E-state index in [-0.39, 0.29) is 17.7 Å². The molecule has 0 aromatic carbocycles. The van der Waals surface area contributed by atoms with Gasteiger partial charge in [0.1, 0.15) is 0 Å². The van der Waals surface area contributed by atoms with E-state index in [0.29, 0.717) is 32.6 Å². The Morgan fingerprint density at radius 3 is 2.48 bits per heavy atom. The maximum absolute atomic E-state index is 12.1. The molecule has 0 saturated carbocycles. The van der Waals surface area contributed by atoms with Gasteiger partial charge in [-0.15, -0.1) is 0 Å². The highest BCUT2D eigenvalue weighted by molar-refractivity contribution is 5.93. The van der Waals surface area contributed by atoms with Crippen molar-refractivity contribution >= 4 is 18.0 Å². The molecule has 0 aromatic rings. The molecule has 0 bridgehead atoms. The van der Waals surface area contributed by atoms with Gasteiger partial charge in [0.25, 0.3) is 0 Å². The molecule has 1 heterocycles. The molecule has 1 unspecified atom stereocenters. The molecule has 1 aliphatic heterocycles. The number of carbonyl (C=O) groups excluding carboxylic acids is 2. The van der Waals surface area contributed by atoms with Crippen LogP contribution in [0.15, 0.2) is 4.99 Å². The van der Waals surface area contributed by atoms with E-state index in [1.807, 2.05) is 6.92 Å². The molecule has 0 spiro atoms. The summed E-state index contributed by atoms with van der Waals surface area (Å²) in [6.07, 6.45) is 13.7. The van der Waals surface area contributed by atoms with Gasteiger partial charge in [-0.2, -0.15) is 0 Å². The van der Waals surface area contributed by atoms with Crippen LogP contribution in [-0.4, -0.2) is 49.1 Å². The van der Waals surface area contributed by atoms with Gasteiger partial charge in [-0.3, -0.25) is 14.6 Å². The van der Waals surface area contributed by atoms with E-state index in [4.69, 9.17) is 0 Å². The second kappa shape index (κ2) is 13.9. The Bertz CT molecular complexity index is 410. The van der Waals surface area contributed by atoms with Crippen molar-refractivity contribution in [2.45, 2.75) is 78.1 Å². The second-order valence-corrected chi connectivity index (χ2v) is 7.10. The molecule has 144 valence electrons. The molecule has 0 aromatic heterocycles. The van der Waals surface area contributed by atoms with Gasteiger partial charge >= 0.3 is 0 Å². The minimum Gasteiger partial charge on any atom is -0.354 e. The Morgan fingerprint density at radius 1 is 1.16 bits per heavy atom. The van der Waals surface area contributed by atoms with E-state index in [2.05, 4.69) is 17.2 Å². The summed E-state index contributed by atoms with van der Waals surface area (Å²) in [5.74, 6) is 0.0594. The van der Waals surface area contributed by atoms with Crippen LogP contribution in [0.25, 0.3) is 0 Å². The second-order valence-electron chi connectivity index (χ2n) is 7.10. The highest BCUT2D eigenvalue weighted by atomic mass is 16.2. The van der Waals surface area contributed by atoms with Crippen LogP contribution in [0.2, 0.25) is 0 Å². The van der Waals surface area contributed by atoms with E-state index < -0.39 is 0 Å². The van der Waals surface area contributed by atoms with Crippen molar-refractivity contribution in [1.29, 1.82) is 0 Å². The molecule has 2 amide bonds. The van der Waals surface area contributed by atoms with Gasteiger partial charge < -0.3 is 10.2 Å². The first-order chi connectivity index (χ1) is 12.1. The Balaban J connectivity index is 1.97. The van der Waals surface area contributed by atoms with E-state index in [1.54, 1.807) is 11.1 Å². The summed E-state index contributed by atoms with van der Waals surface area (Å²) in [4.78, 5) is 30.0. The summed E-state index contributed by atoms with van der Waals surface area (Å²) in [6, 6.07) is 0. The van der Waals surface area contributed by atoms with Crippen LogP contribution >= 0.6 is 0 Å². The molecule has 1 rings (SSSR count). The molecule has 1 N–H and O–H groups in total. The minimum absolute atomic E-state index is 0.106. The topological polar surface area (TPSA) is 61.8 Å². The smallest absolute Gasteiger partial charge is 0.230 e. The maximum Gasteiger partial charge on any atom is 0.230 e. The van der Waals surface area contributed by atoms with Gasteiger partial charge in [0, 0.05) is 32.3 Å². The third-order valence-electron chi connectivity index (χ3n) is 4.74. The number of carbonyl (C=O) groups is 2. The molecular formula is C20H37N3O2. The van der Waals surface area contributed by atoms with Gasteiger partial charge in [-0.05, 0) is 13.3 Å². The number of hydrogen-bond donors (Lipinski definition) is 1. The lowest BCUT2D eigenvalue weighted by Gasteiger charge is -2.22. The van der Waals surface area contributed by atoms with Crippen LogP contribution in [0.3, 0.4) is 0 Å². The highest BCUT2D eigenvalue weighted by Crippen LogP contribution is 2.10. The summed E-state index contributed by atoms with van der Waals surface area (Å²) in [6.45, 7) is 6.53. The molecule has 5 heteroatoms. The zero-order valence-corrected chi connectivity index (χ0v) is 16.3. The fourth-order valence-corrected chi connectivity index (χ4v) is 3.11. The molecule has 0 fully saturated rings. The summed E-state index contributed by atoms with van der Waals surface area (Å²) in [5.41, 5.74) is 0. The zero-order valence-electron chi connectivity index (χ0n) is 16.3. The third-order valence-corrected chi connectivity index (χ3v) is 4.74. The Morgan fingerprint density at radius 2 is 1.80 bits per heavy atom. The van der Waals surface area contributed by atoms with Gasteiger partial charge in [0.2, 0.25) is 11.8 Å². The molecule has 1 aliphatic rings. The number of aliphatic imine (C=N–C) groups is 1. The van der Waals surface area contributed by atoms with Crippen molar-refractivity contribution in [3.05, 3.63) is 0 Å². The highest BCUT2D eigenvalue weighted by Gasteiger charge is 2.20.